The van der Waals surface area contributed by atoms with Gasteiger partial charge >= 0.3 is 0 Å². The van der Waals surface area contributed by atoms with Crippen molar-refractivity contribution in [1.29, 1.82) is 0 Å². The Hall–Kier alpha value is -3.85. The number of halogens is 1. The van der Waals surface area contributed by atoms with E-state index in [4.69, 9.17) is 21.1 Å². The summed E-state index contributed by atoms with van der Waals surface area (Å²) in [7, 11) is 2.79. The molecule has 3 aromatic rings. The van der Waals surface area contributed by atoms with Crippen molar-refractivity contribution in [2.24, 2.45) is 5.10 Å². The molecule has 0 radical (unpaired) electrons. The molecule has 1 amide bonds. The van der Waals surface area contributed by atoms with Crippen molar-refractivity contribution >= 4 is 29.4 Å². The van der Waals surface area contributed by atoms with Gasteiger partial charge in [-0.3, -0.25) is 14.9 Å². The summed E-state index contributed by atoms with van der Waals surface area (Å²) < 4.78 is 12.3. The van der Waals surface area contributed by atoms with Crippen molar-refractivity contribution in [1.82, 2.24) is 9.99 Å². The van der Waals surface area contributed by atoms with Gasteiger partial charge < -0.3 is 14.0 Å². The number of nitrogens with zero attached hydrogens (tertiary/aromatic N) is 3. The number of nitro groups is 1. The Morgan fingerprint density at radius 2 is 1.72 bits per heavy atom. The zero-order valence-corrected chi connectivity index (χ0v) is 18.6. The Balaban J connectivity index is 1.82. The first-order valence-corrected chi connectivity index (χ1v) is 9.83. The van der Waals surface area contributed by atoms with E-state index >= 15 is 0 Å². The van der Waals surface area contributed by atoms with Crippen LogP contribution in [0.5, 0.6) is 11.5 Å². The topological polar surface area (TPSA) is 108 Å². The number of rotatable bonds is 7. The second-order valence-electron chi connectivity index (χ2n) is 6.84. The molecule has 32 heavy (non-hydrogen) atoms. The summed E-state index contributed by atoms with van der Waals surface area (Å²) in [4.78, 5) is 23.3. The zero-order chi connectivity index (χ0) is 23.4. The fourth-order valence-corrected chi connectivity index (χ4v) is 3.53. The van der Waals surface area contributed by atoms with Gasteiger partial charge in [0, 0.05) is 17.1 Å². The fraction of sp³-hybridized carbons (Fsp3) is 0.182. The number of methoxy groups -OCH3 is 2. The first-order chi connectivity index (χ1) is 15.3. The normalized spacial score (nSPS) is 10.9. The molecule has 10 heteroatoms. The third-order valence-corrected chi connectivity index (χ3v) is 5.14. The van der Waals surface area contributed by atoms with Crippen LogP contribution in [0, 0.1) is 24.0 Å². The Morgan fingerprint density at radius 3 is 2.28 bits per heavy atom. The van der Waals surface area contributed by atoms with Crippen molar-refractivity contribution in [3.05, 3.63) is 80.1 Å². The SMILES string of the molecule is COc1cc(/C=N\NC(=O)c2ccc(-n3c(C)ccc3C)cc2Cl)c([N+](=O)[O-])cc1OC. The van der Waals surface area contributed by atoms with Crippen molar-refractivity contribution in [3.8, 4) is 17.2 Å². The number of aromatic nitrogens is 1. The van der Waals surface area contributed by atoms with Crippen LogP contribution in [0.25, 0.3) is 5.69 Å². The highest BCUT2D eigenvalue weighted by Gasteiger charge is 2.19. The minimum absolute atomic E-state index is 0.132. The van der Waals surface area contributed by atoms with Crippen LogP contribution in [-0.4, -0.2) is 35.8 Å². The quantitative estimate of drug-likeness (QED) is 0.321. The Labute approximate surface area is 189 Å². The molecule has 0 saturated carbocycles. The number of nitrogens with one attached hydrogen (secondary N) is 1. The number of carbonyl (C=O) groups is 1. The zero-order valence-electron chi connectivity index (χ0n) is 17.9. The van der Waals surface area contributed by atoms with Crippen LogP contribution in [0.4, 0.5) is 5.69 Å². The molecule has 0 spiro atoms. The van der Waals surface area contributed by atoms with Crippen LogP contribution in [0.2, 0.25) is 5.02 Å². The molecule has 1 aromatic heterocycles. The van der Waals surface area contributed by atoms with Crippen LogP contribution in [0.3, 0.4) is 0 Å². The van der Waals surface area contributed by atoms with E-state index in [2.05, 4.69) is 10.5 Å². The molecule has 0 aliphatic rings. The Morgan fingerprint density at radius 1 is 1.09 bits per heavy atom. The average Bonchev–Trinajstić information content (AvgIpc) is 3.10. The smallest absolute Gasteiger partial charge is 0.282 e. The summed E-state index contributed by atoms with van der Waals surface area (Å²) in [5, 5.41) is 15.5. The molecule has 0 bridgehead atoms. The van der Waals surface area contributed by atoms with Crippen LogP contribution in [-0.2, 0) is 0 Å². The summed E-state index contributed by atoms with van der Waals surface area (Å²) in [5.74, 6) is -0.0533. The van der Waals surface area contributed by atoms with Crippen molar-refractivity contribution in [3.63, 3.8) is 0 Å². The fourth-order valence-electron chi connectivity index (χ4n) is 3.27. The number of nitro benzene ring substituents is 1. The molecule has 9 nitrogen and oxygen atoms in total. The molecule has 0 fully saturated rings. The van der Waals surface area contributed by atoms with E-state index in [0.29, 0.717) is 5.75 Å². The number of hydrogen-bond donors (Lipinski definition) is 1. The molecule has 2 aromatic carbocycles. The van der Waals surface area contributed by atoms with Gasteiger partial charge in [0.25, 0.3) is 11.6 Å². The average molecular weight is 457 g/mol. The minimum Gasteiger partial charge on any atom is -0.493 e. The summed E-state index contributed by atoms with van der Waals surface area (Å²) >= 11 is 6.34. The van der Waals surface area contributed by atoms with Crippen molar-refractivity contribution in [2.75, 3.05) is 14.2 Å². The molecule has 0 aliphatic carbocycles. The maximum Gasteiger partial charge on any atom is 0.282 e. The summed E-state index contributed by atoms with van der Waals surface area (Å²) in [6.07, 6.45) is 1.16. The highest BCUT2D eigenvalue weighted by atomic mass is 35.5. The van der Waals surface area contributed by atoms with Crippen molar-refractivity contribution < 1.29 is 19.2 Å². The first kappa shape index (κ1) is 22.8. The second kappa shape index (κ2) is 9.52. The Kier molecular flexibility index (Phi) is 6.79. The Bertz CT molecular complexity index is 1200. The van der Waals surface area contributed by atoms with Gasteiger partial charge in [0.15, 0.2) is 11.5 Å². The molecule has 0 unspecified atom stereocenters. The lowest BCUT2D eigenvalue weighted by molar-refractivity contribution is -0.385. The lowest BCUT2D eigenvalue weighted by Crippen LogP contribution is -2.18. The van der Waals surface area contributed by atoms with Crippen LogP contribution in [0.1, 0.15) is 27.3 Å². The van der Waals surface area contributed by atoms with Crippen LogP contribution >= 0.6 is 11.6 Å². The van der Waals surface area contributed by atoms with Gasteiger partial charge in [-0.2, -0.15) is 5.10 Å². The van der Waals surface area contributed by atoms with E-state index in [1.54, 1.807) is 18.2 Å². The van der Waals surface area contributed by atoms with E-state index in [0.717, 1.165) is 23.3 Å². The van der Waals surface area contributed by atoms with E-state index in [1.165, 1.54) is 26.4 Å². The maximum atomic E-state index is 12.5. The van der Waals surface area contributed by atoms with Gasteiger partial charge in [0.2, 0.25) is 0 Å². The molecule has 1 heterocycles. The number of ether oxygens (including phenoxy) is 2. The number of hydrazone groups is 1. The highest BCUT2D eigenvalue weighted by Crippen LogP contribution is 2.33. The summed E-state index contributed by atoms with van der Waals surface area (Å²) in [6, 6.07) is 11.7. The number of amides is 1. The standard InChI is InChI=1S/C22H21ClN4O5/c1-13-5-6-14(2)26(13)16-7-8-17(18(23)10-16)22(28)25-24-12-15-9-20(31-3)21(32-4)11-19(15)27(29)30/h5-12H,1-4H3,(H,25,28)/b24-12-. The van der Waals surface area contributed by atoms with Crippen LogP contribution in [0.15, 0.2) is 47.6 Å². The largest absolute Gasteiger partial charge is 0.493 e. The molecular formula is C22H21ClN4O5. The van der Waals surface area contributed by atoms with Gasteiger partial charge in [-0.05, 0) is 50.2 Å². The van der Waals surface area contributed by atoms with Crippen LogP contribution < -0.4 is 14.9 Å². The molecular weight excluding hydrogens is 436 g/mol. The predicted molar refractivity (Wildman–Crippen MR) is 122 cm³/mol. The monoisotopic (exact) mass is 456 g/mol. The van der Waals surface area contributed by atoms with Gasteiger partial charge in [0.1, 0.15) is 0 Å². The van der Waals surface area contributed by atoms with E-state index in [9.17, 15) is 14.9 Å². The van der Waals surface area contributed by atoms with E-state index < -0.39 is 10.8 Å². The lowest BCUT2D eigenvalue weighted by Gasteiger charge is -2.11. The number of carbonyl (C=O) groups excluding carboxylic acids is 1. The predicted octanol–water partition coefficient (Wildman–Crippen LogP) is 4.44. The molecule has 0 atom stereocenters. The molecule has 166 valence electrons. The maximum absolute atomic E-state index is 12.5. The molecule has 1 N–H and O–H groups in total. The number of hydrogen-bond acceptors (Lipinski definition) is 6. The molecule has 0 aliphatic heterocycles. The van der Waals surface area contributed by atoms with Gasteiger partial charge in [-0.15, -0.1) is 0 Å². The third kappa shape index (κ3) is 4.57. The van der Waals surface area contributed by atoms with Gasteiger partial charge in [-0.1, -0.05) is 11.6 Å². The third-order valence-electron chi connectivity index (χ3n) is 4.83. The number of aryl methyl sites for hydroxylation is 2. The second-order valence-corrected chi connectivity index (χ2v) is 7.25. The van der Waals surface area contributed by atoms with E-state index in [1.807, 2.05) is 30.5 Å². The number of benzene rings is 2. The first-order valence-electron chi connectivity index (χ1n) is 9.45. The van der Waals surface area contributed by atoms with E-state index in [-0.39, 0.29) is 27.6 Å². The van der Waals surface area contributed by atoms with Gasteiger partial charge in [0.05, 0.1) is 47.6 Å². The highest BCUT2D eigenvalue weighted by molar-refractivity contribution is 6.34. The molecule has 0 saturated heterocycles. The van der Waals surface area contributed by atoms with Crippen molar-refractivity contribution in [2.45, 2.75) is 13.8 Å². The van der Waals surface area contributed by atoms with Gasteiger partial charge in [-0.25, -0.2) is 5.43 Å². The summed E-state index contributed by atoms with van der Waals surface area (Å²) in [5.41, 5.74) is 5.35. The molecule has 3 rings (SSSR count). The minimum atomic E-state index is -0.577. The lowest BCUT2D eigenvalue weighted by atomic mass is 10.1. The summed E-state index contributed by atoms with van der Waals surface area (Å²) in [6.45, 7) is 3.95.